The average molecular weight is 254 g/mol. The third-order valence-electron chi connectivity index (χ3n) is 4.28. The summed E-state index contributed by atoms with van der Waals surface area (Å²) in [6.45, 7) is 6.20. The third kappa shape index (κ3) is 2.11. The number of hydrogen-bond acceptors (Lipinski definition) is 3. The summed E-state index contributed by atoms with van der Waals surface area (Å²) in [6, 6.07) is 0. The van der Waals surface area contributed by atoms with Crippen LogP contribution in [0.5, 0.6) is 0 Å². The molecule has 18 heavy (non-hydrogen) atoms. The van der Waals surface area contributed by atoms with E-state index in [1.54, 1.807) is 4.90 Å². The molecule has 0 aromatic rings. The maximum atomic E-state index is 12.2. The zero-order valence-corrected chi connectivity index (χ0v) is 11.2. The quantitative estimate of drug-likeness (QED) is 0.796. The van der Waals surface area contributed by atoms with Crippen LogP contribution in [0.25, 0.3) is 0 Å². The lowest BCUT2D eigenvalue weighted by Gasteiger charge is -2.45. The number of nitrogens with one attached hydrogen (secondary N) is 1. The largest absolute Gasteiger partial charge is 0.381 e. The van der Waals surface area contributed by atoms with Crippen molar-refractivity contribution in [1.82, 2.24) is 10.2 Å². The van der Waals surface area contributed by atoms with Crippen molar-refractivity contribution in [1.29, 1.82) is 0 Å². The van der Waals surface area contributed by atoms with Crippen molar-refractivity contribution < 1.29 is 14.3 Å². The molecule has 2 aliphatic heterocycles. The van der Waals surface area contributed by atoms with Gasteiger partial charge in [0.1, 0.15) is 5.54 Å². The van der Waals surface area contributed by atoms with E-state index < -0.39 is 5.54 Å². The van der Waals surface area contributed by atoms with Crippen molar-refractivity contribution in [3.63, 3.8) is 0 Å². The fraction of sp³-hybridized carbons (Fsp3) is 0.846. The maximum Gasteiger partial charge on any atom is 0.246 e. The highest BCUT2D eigenvalue weighted by atomic mass is 16.5. The van der Waals surface area contributed by atoms with Gasteiger partial charge in [0.2, 0.25) is 11.8 Å². The monoisotopic (exact) mass is 254 g/mol. The second-order valence-corrected chi connectivity index (χ2v) is 5.16. The van der Waals surface area contributed by atoms with E-state index in [1.807, 2.05) is 13.8 Å². The lowest BCUT2D eigenvalue weighted by Crippen LogP contribution is -2.67. The molecular formula is C13H22N2O3. The van der Waals surface area contributed by atoms with E-state index in [9.17, 15) is 9.59 Å². The van der Waals surface area contributed by atoms with Crippen molar-refractivity contribution in [2.75, 3.05) is 26.3 Å². The Bertz CT molecular complexity index is 333. The van der Waals surface area contributed by atoms with Gasteiger partial charge in [-0.15, -0.1) is 0 Å². The van der Waals surface area contributed by atoms with E-state index in [1.165, 1.54) is 0 Å². The van der Waals surface area contributed by atoms with E-state index in [0.29, 0.717) is 31.9 Å². The van der Waals surface area contributed by atoms with Crippen LogP contribution in [-0.4, -0.2) is 48.6 Å². The van der Waals surface area contributed by atoms with E-state index in [0.717, 1.165) is 13.0 Å². The first-order valence-corrected chi connectivity index (χ1v) is 6.80. The highest BCUT2D eigenvalue weighted by Crippen LogP contribution is 2.29. The Morgan fingerprint density at radius 3 is 2.67 bits per heavy atom. The molecule has 1 atom stereocenters. The van der Waals surface area contributed by atoms with Gasteiger partial charge in [-0.2, -0.15) is 0 Å². The molecule has 2 rings (SSSR count). The summed E-state index contributed by atoms with van der Waals surface area (Å²) < 4.78 is 5.36. The van der Waals surface area contributed by atoms with Crippen LogP contribution < -0.4 is 5.32 Å². The van der Waals surface area contributed by atoms with Crippen molar-refractivity contribution >= 4 is 11.8 Å². The Kier molecular flexibility index (Phi) is 3.90. The normalized spacial score (nSPS) is 27.4. The summed E-state index contributed by atoms with van der Waals surface area (Å²) in [4.78, 5) is 26.1. The van der Waals surface area contributed by atoms with E-state index in [2.05, 4.69) is 5.32 Å². The molecule has 1 N–H and O–H groups in total. The summed E-state index contributed by atoms with van der Waals surface area (Å²) in [5, 5.41) is 2.72. The molecular weight excluding hydrogens is 232 g/mol. The standard InChI is InChI=1S/C13H22N2O3/c1-3-13(4-2)12(17)14-7-11(16)15(13)8-10-5-6-18-9-10/h10H,3-9H2,1-2H3,(H,14,17). The second-order valence-electron chi connectivity index (χ2n) is 5.16. The smallest absolute Gasteiger partial charge is 0.246 e. The molecule has 0 bridgehead atoms. The first kappa shape index (κ1) is 13.3. The average Bonchev–Trinajstić information content (AvgIpc) is 2.88. The number of hydrogen-bond donors (Lipinski definition) is 1. The van der Waals surface area contributed by atoms with Gasteiger partial charge in [0.15, 0.2) is 0 Å². The van der Waals surface area contributed by atoms with Crippen LogP contribution in [0.1, 0.15) is 33.1 Å². The van der Waals surface area contributed by atoms with Crippen LogP contribution in [0, 0.1) is 5.92 Å². The van der Waals surface area contributed by atoms with Gasteiger partial charge in [0, 0.05) is 19.1 Å². The first-order chi connectivity index (χ1) is 8.64. The molecule has 0 saturated carbocycles. The molecule has 2 amide bonds. The van der Waals surface area contributed by atoms with E-state index in [4.69, 9.17) is 4.74 Å². The topological polar surface area (TPSA) is 58.6 Å². The number of piperazine rings is 1. The number of amides is 2. The molecule has 0 aliphatic carbocycles. The Balaban J connectivity index is 2.19. The van der Waals surface area contributed by atoms with E-state index >= 15 is 0 Å². The van der Waals surface area contributed by atoms with Gasteiger partial charge in [-0.3, -0.25) is 9.59 Å². The second kappa shape index (κ2) is 5.26. The molecule has 0 aromatic heterocycles. The minimum atomic E-state index is -0.655. The van der Waals surface area contributed by atoms with Crippen LogP contribution in [-0.2, 0) is 14.3 Å². The molecule has 0 spiro atoms. The summed E-state index contributed by atoms with van der Waals surface area (Å²) in [6.07, 6.45) is 2.30. The van der Waals surface area contributed by atoms with E-state index in [-0.39, 0.29) is 18.4 Å². The van der Waals surface area contributed by atoms with Crippen LogP contribution in [0.3, 0.4) is 0 Å². The fourth-order valence-electron chi connectivity index (χ4n) is 2.99. The predicted molar refractivity (Wildman–Crippen MR) is 67.0 cm³/mol. The van der Waals surface area contributed by atoms with Crippen molar-refractivity contribution in [2.24, 2.45) is 5.92 Å². The Morgan fingerprint density at radius 1 is 1.39 bits per heavy atom. The molecule has 5 heteroatoms. The number of carbonyl (C=O) groups is 2. The molecule has 2 heterocycles. The molecule has 1 unspecified atom stereocenters. The molecule has 5 nitrogen and oxygen atoms in total. The van der Waals surface area contributed by atoms with Crippen LogP contribution in [0.2, 0.25) is 0 Å². The van der Waals surface area contributed by atoms with Crippen molar-refractivity contribution in [3.05, 3.63) is 0 Å². The lowest BCUT2D eigenvalue weighted by molar-refractivity contribution is -0.155. The lowest BCUT2D eigenvalue weighted by atomic mass is 9.86. The summed E-state index contributed by atoms with van der Waals surface area (Å²) >= 11 is 0. The van der Waals surface area contributed by atoms with Crippen LogP contribution in [0.4, 0.5) is 0 Å². The number of carbonyl (C=O) groups excluding carboxylic acids is 2. The molecule has 2 fully saturated rings. The Morgan fingerprint density at radius 2 is 2.11 bits per heavy atom. The minimum Gasteiger partial charge on any atom is -0.381 e. The SMILES string of the molecule is CCC1(CC)C(=O)NCC(=O)N1CC1CCOC1. The molecule has 0 radical (unpaired) electrons. The van der Waals surface area contributed by atoms with Gasteiger partial charge in [0.05, 0.1) is 13.2 Å². The number of nitrogens with zero attached hydrogens (tertiary/aromatic N) is 1. The maximum absolute atomic E-state index is 12.2. The molecule has 0 aromatic carbocycles. The van der Waals surface area contributed by atoms with Crippen molar-refractivity contribution in [3.8, 4) is 0 Å². The summed E-state index contributed by atoms with van der Waals surface area (Å²) in [5.74, 6) is 0.397. The van der Waals surface area contributed by atoms with Gasteiger partial charge >= 0.3 is 0 Å². The minimum absolute atomic E-state index is 0.00832. The molecule has 2 aliphatic rings. The van der Waals surface area contributed by atoms with Gasteiger partial charge in [-0.05, 0) is 19.3 Å². The zero-order valence-electron chi connectivity index (χ0n) is 11.2. The number of rotatable bonds is 4. The molecule has 2 saturated heterocycles. The fourth-order valence-corrected chi connectivity index (χ4v) is 2.99. The third-order valence-corrected chi connectivity index (χ3v) is 4.28. The van der Waals surface area contributed by atoms with Gasteiger partial charge in [-0.25, -0.2) is 0 Å². The van der Waals surface area contributed by atoms with Crippen LogP contribution >= 0.6 is 0 Å². The van der Waals surface area contributed by atoms with Gasteiger partial charge in [0.25, 0.3) is 0 Å². The first-order valence-electron chi connectivity index (χ1n) is 6.80. The summed E-state index contributed by atoms with van der Waals surface area (Å²) in [7, 11) is 0. The summed E-state index contributed by atoms with van der Waals surface area (Å²) in [5.41, 5.74) is -0.655. The molecule has 102 valence electrons. The highest BCUT2D eigenvalue weighted by Gasteiger charge is 2.47. The van der Waals surface area contributed by atoms with Crippen LogP contribution in [0.15, 0.2) is 0 Å². The van der Waals surface area contributed by atoms with Gasteiger partial charge < -0.3 is 15.0 Å². The van der Waals surface area contributed by atoms with Gasteiger partial charge in [-0.1, -0.05) is 13.8 Å². The van der Waals surface area contributed by atoms with Crippen molar-refractivity contribution in [2.45, 2.75) is 38.6 Å². The highest BCUT2D eigenvalue weighted by molar-refractivity contribution is 5.97. The predicted octanol–water partition coefficient (Wildman–Crippen LogP) is 0.540. The zero-order chi connectivity index (χ0) is 13.2. The Labute approximate surface area is 108 Å². The Hall–Kier alpha value is -1.10. The number of ether oxygens (including phenoxy) is 1.